The fourth-order valence-corrected chi connectivity index (χ4v) is 1.90. The summed E-state index contributed by atoms with van der Waals surface area (Å²) in [5.74, 6) is -1.85. The van der Waals surface area contributed by atoms with Gasteiger partial charge in [0.25, 0.3) is 5.69 Å². The first-order valence-corrected chi connectivity index (χ1v) is 6.85. The van der Waals surface area contributed by atoms with Gasteiger partial charge in [-0.1, -0.05) is 13.3 Å². The highest BCUT2D eigenvalue weighted by atomic mass is 16.6. The molecule has 1 aromatic rings. The molecule has 8 nitrogen and oxygen atoms in total. The Hall–Kier alpha value is -2.64. The molecule has 2 N–H and O–H groups in total. The van der Waals surface area contributed by atoms with E-state index < -0.39 is 22.9 Å². The molecule has 1 atom stereocenters. The number of nitro benzene ring substituents is 1. The lowest BCUT2D eigenvalue weighted by atomic mass is 10.1. The zero-order chi connectivity index (χ0) is 16.7. The van der Waals surface area contributed by atoms with Crippen molar-refractivity contribution in [3.05, 3.63) is 33.9 Å². The molecule has 120 valence electrons. The van der Waals surface area contributed by atoms with Gasteiger partial charge >= 0.3 is 11.9 Å². The third-order valence-corrected chi connectivity index (χ3v) is 2.90. The number of nitro groups is 1. The number of hydrogen-bond acceptors (Lipinski definition) is 6. The molecule has 0 spiro atoms. The number of carbonyl (C=O) groups is 2. The van der Waals surface area contributed by atoms with Crippen molar-refractivity contribution in [1.82, 2.24) is 0 Å². The molecule has 0 aromatic heterocycles. The second-order valence-corrected chi connectivity index (χ2v) is 4.53. The standard InChI is InChI=1S/C14H18N2O6/c1-3-5-11(13(17)18)15-9-6-7-12(16(20)21)10(8-9)14(19)22-4-2/h6-8,11,15H,3-5H2,1-2H3,(H,17,18). The second kappa shape index (κ2) is 7.96. The number of anilines is 1. The molecule has 1 rings (SSSR count). The van der Waals surface area contributed by atoms with Crippen molar-refractivity contribution in [2.45, 2.75) is 32.7 Å². The van der Waals surface area contributed by atoms with Gasteiger partial charge in [0.1, 0.15) is 11.6 Å². The van der Waals surface area contributed by atoms with Crippen LogP contribution in [-0.4, -0.2) is 34.6 Å². The van der Waals surface area contributed by atoms with Crippen LogP contribution in [0.25, 0.3) is 0 Å². The van der Waals surface area contributed by atoms with Crippen molar-refractivity contribution >= 4 is 23.3 Å². The number of carboxylic acids is 1. The highest BCUT2D eigenvalue weighted by Gasteiger charge is 2.23. The first kappa shape index (κ1) is 17.4. The van der Waals surface area contributed by atoms with Crippen LogP contribution in [0.15, 0.2) is 18.2 Å². The van der Waals surface area contributed by atoms with Crippen LogP contribution in [0.3, 0.4) is 0 Å². The minimum atomic E-state index is -1.03. The number of esters is 1. The number of ether oxygens (including phenoxy) is 1. The Morgan fingerprint density at radius 3 is 2.59 bits per heavy atom. The number of benzene rings is 1. The van der Waals surface area contributed by atoms with Gasteiger partial charge in [-0.3, -0.25) is 10.1 Å². The molecule has 22 heavy (non-hydrogen) atoms. The number of carboxylic acid groups (broad SMARTS) is 1. The van der Waals surface area contributed by atoms with Crippen molar-refractivity contribution in [3.8, 4) is 0 Å². The van der Waals surface area contributed by atoms with E-state index in [2.05, 4.69) is 5.32 Å². The Balaban J connectivity index is 3.12. The summed E-state index contributed by atoms with van der Waals surface area (Å²) in [7, 11) is 0. The molecule has 0 radical (unpaired) electrons. The monoisotopic (exact) mass is 310 g/mol. The molecular formula is C14H18N2O6. The SMILES string of the molecule is CCCC(Nc1ccc([N+](=O)[O-])c(C(=O)OCC)c1)C(=O)O. The lowest BCUT2D eigenvalue weighted by molar-refractivity contribution is -0.385. The Bertz CT molecular complexity index is 572. The van der Waals surface area contributed by atoms with E-state index in [1.807, 2.05) is 6.92 Å². The molecule has 1 unspecified atom stereocenters. The van der Waals surface area contributed by atoms with E-state index in [9.17, 15) is 19.7 Å². The number of aliphatic carboxylic acids is 1. The predicted molar refractivity (Wildman–Crippen MR) is 79.0 cm³/mol. The lowest BCUT2D eigenvalue weighted by Gasteiger charge is -2.15. The summed E-state index contributed by atoms with van der Waals surface area (Å²) in [4.78, 5) is 33.2. The first-order valence-electron chi connectivity index (χ1n) is 6.85. The third kappa shape index (κ3) is 4.44. The Morgan fingerprint density at radius 2 is 2.09 bits per heavy atom. The van der Waals surface area contributed by atoms with Crippen molar-refractivity contribution in [3.63, 3.8) is 0 Å². The Kier molecular flexibility index (Phi) is 6.30. The Labute approximate surface area is 127 Å². The minimum absolute atomic E-state index is 0.0846. The van der Waals surface area contributed by atoms with E-state index in [1.165, 1.54) is 12.1 Å². The number of hydrogen-bond donors (Lipinski definition) is 2. The van der Waals surface area contributed by atoms with E-state index in [1.54, 1.807) is 6.92 Å². The zero-order valence-electron chi connectivity index (χ0n) is 12.4. The molecule has 0 bridgehead atoms. The van der Waals surface area contributed by atoms with Crippen LogP contribution in [0.4, 0.5) is 11.4 Å². The van der Waals surface area contributed by atoms with Gasteiger partial charge in [0.05, 0.1) is 11.5 Å². The molecule has 8 heteroatoms. The van der Waals surface area contributed by atoms with Crippen molar-refractivity contribution in [2.75, 3.05) is 11.9 Å². The van der Waals surface area contributed by atoms with Crippen LogP contribution in [0, 0.1) is 10.1 Å². The van der Waals surface area contributed by atoms with Gasteiger partial charge in [-0.2, -0.15) is 0 Å². The van der Waals surface area contributed by atoms with Gasteiger partial charge in [0.15, 0.2) is 0 Å². The van der Waals surface area contributed by atoms with Crippen LogP contribution < -0.4 is 5.32 Å². The smallest absolute Gasteiger partial charge is 0.345 e. The second-order valence-electron chi connectivity index (χ2n) is 4.53. The summed E-state index contributed by atoms with van der Waals surface area (Å²) in [5, 5.41) is 22.8. The lowest BCUT2D eigenvalue weighted by Crippen LogP contribution is -2.29. The fraction of sp³-hybridized carbons (Fsp3) is 0.429. The Morgan fingerprint density at radius 1 is 1.41 bits per heavy atom. The number of carbonyl (C=O) groups excluding carboxylic acids is 1. The maximum absolute atomic E-state index is 11.8. The third-order valence-electron chi connectivity index (χ3n) is 2.90. The van der Waals surface area contributed by atoms with Crippen molar-refractivity contribution in [1.29, 1.82) is 0 Å². The molecule has 0 heterocycles. The molecule has 0 saturated carbocycles. The van der Waals surface area contributed by atoms with Gasteiger partial charge in [-0.15, -0.1) is 0 Å². The van der Waals surface area contributed by atoms with E-state index in [0.29, 0.717) is 18.5 Å². The quantitative estimate of drug-likeness (QED) is 0.430. The van der Waals surface area contributed by atoms with Crippen LogP contribution in [0.2, 0.25) is 0 Å². The van der Waals surface area contributed by atoms with Gasteiger partial charge in [-0.05, 0) is 25.5 Å². The molecule has 0 fully saturated rings. The number of rotatable bonds is 8. The van der Waals surface area contributed by atoms with Gasteiger partial charge < -0.3 is 15.2 Å². The minimum Gasteiger partial charge on any atom is -0.480 e. The zero-order valence-corrected chi connectivity index (χ0v) is 12.4. The summed E-state index contributed by atoms with van der Waals surface area (Å²) < 4.78 is 4.79. The summed E-state index contributed by atoms with van der Waals surface area (Å²) in [5.41, 5.74) is -0.279. The molecule has 1 aromatic carbocycles. The summed E-state index contributed by atoms with van der Waals surface area (Å²) in [6.07, 6.45) is 1.04. The average Bonchev–Trinajstić information content (AvgIpc) is 2.46. The molecule has 0 aliphatic heterocycles. The largest absolute Gasteiger partial charge is 0.480 e. The molecular weight excluding hydrogens is 292 g/mol. The number of nitrogens with zero attached hydrogens (tertiary/aromatic N) is 1. The summed E-state index contributed by atoms with van der Waals surface area (Å²) in [6.45, 7) is 3.52. The fourth-order valence-electron chi connectivity index (χ4n) is 1.90. The highest BCUT2D eigenvalue weighted by molar-refractivity contribution is 5.95. The van der Waals surface area contributed by atoms with Crippen LogP contribution in [0.5, 0.6) is 0 Å². The van der Waals surface area contributed by atoms with Crippen LogP contribution in [-0.2, 0) is 9.53 Å². The average molecular weight is 310 g/mol. The van der Waals surface area contributed by atoms with Gasteiger partial charge in [0, 0.05) is 11.8 Å². The number of nitrogens with one attached hydrogen (secondary N) is 1. The summed E-state index contributed by atoms with van der Waals surface area (Å²) in [6, 6.07) is 2.93. The first-order chi connectivity index (χ1) is 10.4. The normalized spacial score (nSPS) is 11.5. The molecule has 0 aliphatic carbocycles. The van der Waals surface area contributed by atoms with E-state index >= 15 is 0 Å². The topological polar surface area (TPSA) is 119 Å². The van der Waals surface area contributed by atoms with E-state index in [-0.39, 0.29) is 17.9 Å². The van der Waals surface area contributed by atoms with Crippen molar-refractivity contribution in [2.24, 2.45) is 0 Å². The molecule has 0 saturated heterocycles. The van der Waals surface area contributed by atoms with Crippen LogP contribution in [0.1, 0.15) is 37.0 Å². The summed E-state index contributed by atoms with van der Waals surface area (Å²) >= 11 is 0. The van der Waals surface area contributed by atoms with Gasteiger partial charge in [-0.25, -0.2) is 9.59 Å². The van der Waals surface area contributed by atoms with Gasteiger partial charge in [0.2, 0.25) is 0 Å². The van der Waals surface area contributed by atoms with Crippen molar-refractivity contribution < 1.29 is 24.4 Å². The molecule has 0 amide bonds. The maximum Gasteiger partial charge on any atom is 0.345 e. The molecule has 0 aliphatic rings. The predicted octanol–water partition coefficient (Wildman–Crippen LogP) is 2.44. The van der Waals surface area contributed by atoms with Crippen LogP contribution >= 0.6 is 0 Å². The van der Waals surface area contributed by atoms with E-state index in [0.717, 1.165) is 6.07 Å². The maximum atomic E-state index is 11.8. The van der Waals surface area contributed by atoms with E-state index in [4.69, 9.17) is 9.84 Å². The highest BCUT2D eigenvalue weighted by Crippen LogP contribution is 2.24.